The Morgan fingerprint density at radius 1 is 0.722 bits per heavy atom. The molecule has 36 heavy (non-hydrogen) atoms. The van der Waals surface area contributed by atoms with Crippen LogP contribution in [-0.2, 0) is 24.0 Å². The summed E-state index contributed by atoms with van der Waals surface area (Å²) in [6.07, 6.45) is 13.4. The zero-order chi connectivity index (χ0) is 27.2. The maximum absolute atomic E-state index is 12.3. The van der Waals surface area contributed by atoms with E-state index in [-0.39, 0.29) is 19.4 Å². The lowest BCUT2D eigenvalue weighted by molar-refractivity contribution is -0.140. The number of rotatable bonds is 23. The van der Waals surface area contributed by atoms with Gasteiger partial charge in [0.15, 0.2) is 0 Å². The first kappa shape index (κ1) is 33.3. The number of unbranched alkanes of at least 4 members (excludes halogenated alkanes) is 11. The van der Waals surface area contributed by atoms with Gasteiger partial charge in [0, 0.05) is 13.0 Å². The molecule has 0 bridgehead atoms. The third kappa shape index (κ3) is 19.6. The summed E-state index contributed by atoms with van der Waals surface area (Å²) >= 11 is 0. The second kappa shape index (κ2) is 21.6. The lowest BCUT2D eigenvalue weighted by Gasteiger charge is -2.19. The summed E-state index contributed by atoms with van der Waals surface area (Å²) in [5, 5.41) is 24.9. The molecule has 0 spiro atoms. The number of nitrogens with one attached hydrogen (secondary N) is 3. The number of hydrogen-bond donors (Lipinski definition) is 6. The number of nitrogens with two attached hydrogens (primary N) is 1. The molecule has 0 aliphatic rings. The molecule has 0 radical (unpaired) electrons. The van der Waals surface area contributed by atoms with Crippen molar-refractivity contribution in [3.8, 4) is 0 Å². The topological polar surface area (TPSA) is 188 Å². The molecule has 0 saturated heterocycles. The van der Waals surface area contributed by atoms with Crippen molar-refractivity contribution in [3.05, 3.63) is 0 Å². The van der Waals surface area contributed by atoms with Crippen LogP contribution in [-0.4, -0.2) is 65.0 Å². The maximum Gasteiger partial charge on any atom is 0.305 e. The normalized spacial score (nSPS) is 12.4. The van der Waals surface area contributed by atoms with Crippen LogP contribution < -0.4 is 21.7 Å². The number of carbonyl (C=O) groups excluding carboxylic acids is 3. The third-order valence-corrected chi connectivity index (χ3v) is 5.79. The van der Waals surface area contributed by atoms with Crippen molar-refractivity contribution in [3.63, 3.8) is 0 Å². The van der Waals surface area contributed by atoms with Gasteiger partial charge in [-0.1, -0.05) is 77.6 Å². The minimum atomic E-state index is -1.44. The van der Waals surface area contributed by atoms with Gasteiger partial charge in [-0.25, -0.2) is 0 Å². The van der Waals surface area contributed by atoms with Gasteiger partial charge in [-0.3, -0.25) is 24.0 Å². The Morgan fingerprint density at radius 2 is 1.25 bits per heavy atom. The van der Waals surface area contributed by atoms with E-state index < -0.39 is 48.2 Å². The van der Waals surface area contributed by atoms with Gasteiger partial charge in [0.25, 0.3) is 0 Å². The summed E-state index contributed by atoms with van der Waals surface area (Å²) in [5.41, 5.74) is 5.59. The Labute approximate surface area is 214 Å². The van der Waals surface area contributed by atoms with E-state index in [1.807, 2.05) is 0 Å². The first-order valence-corrected chi connectivity index (χ1v) is 13.2. The fourth-order valence-electron chi connectivity index (χ4n) is 3.62. The van der Waals surface area contributed by atoms with Crippen LogP contribution in [0.25, 0.3) is 0 Å². The first-order valence-electron chi connectivity index (χ1n) is 13.2. The predicted molar refractivity (Wildman–Crippen MR) is 136 cm³/mol. The van der Waals surface area contributed by atoms with Crippen molar-refractivity contribution in [2.45, 2.75) is 115 Å². The van der Waals surface area contributed by atoms with Crippen LogP contribution in [0, 0.1) is 0 Å². The zero-order valence-electron chi connectivity index (χ0n) is 21.7. The number of carboxylic acid groups (broad SMARTS) is 2. The van der Waals surface area contributed by atoms with E-state index >= 15 is 0 Å². The van der Waals surface area contributed by atoms with E-state index in [1.165, 1.54) is 57.8 Å². The monoisotopic (exact) mass is 514 g/mol. The predicted octanol–water partition coefficient (Wildman–Crippen LogP) is 2.07. The molecular weight excluding hydrogens is 468 g/mol. The van der Waals surface area contributed by atoms with Crippen LogP contribution in [0.3, 0.4) is 0 Å². The fraction of sp³-hybridized carbons (Fsp3) is 0.800. The molecule has 0 aromatic carbocycles. The maximum atomic E-state index is 12.3. The summed E-state index contributed by atoms with van der Waals surface area (Å²) in [6.45, 7) is 2.36. The van der Waals surface area contributed by atoms with Crippen LogP contribution in [0.1, 0.15) is 103 Å². The molecule has 0 saturated carbocycles. The van der Waals surface area contributed by atoms with Crippen LogP contribution in [0.4, 0.5) is 0 Å². The molecule has 0 unspecified atom stereocenters. The van der Waals surface area contributed by atoms with Crippen molar-refractivity contribution >= 4 is 29.7 Å². The van der Waals surface area contributed by atoms with Gasteiger partial charge in [0.05, 0.1) is 19.0 Å². The van der Waals surface area contributed by atoms with Crippen LogP contribution in [0.2, 0.25) is 0 Å². The summed E-state index contributed by atoms with van der Waals surface area (Å²) < 4.78 is 0. The molecule has 2 atom stereocenters. The van der Waals surface area contributed by atoms with Crippen molar-refractivity contribution < 1.29 is 34.2 Å². The van der Waals surface area contributed by atoms with E-state index in [9.17, 15) is 24.0 Å². The molecule has 0 rings (SSSR count). The summed E-state index contributed by atoms with van der Waals surface area (Å²) in [7, 11) is 0. The highest BCUT2D eigenvalue weighted by Crippen LogP contribution is 2.11. The Hall–Kier alpha value is -2.69. The Kier molecular flexibility index (Phi) is 20.0. The average molecular weight is 515 g/mol. The second-order valence-electron chi connectivity index (χ2n) is 9.15. The summed E-state index contributed by atoms with van der Waals surface area (Å²) in [4.78, 5) is 58.0. The van der Waals surface area contributed by atoms with Crippen LogP contribution >= 0.6 is 0 Å². The Balaban J connectivity index is 4.03. The van der Waals surface area contributed by atoms with Gasteiger partial charge in [-0.15, -0.1) is 0 Å². The standard InChI is InChI=1S/C25H46N4O7/c1-2-3-4-5-6-7-8-9-10-11-12-13-16-27-21(30)18-28-25(36)20(17-23(33)34)29-24(35)19(26)14-15-22(31)32/h19-20H,2-18,26H2,1H3,(H,27,30)(H,28,36)(H,29,35)(H,31,32)(H,33,34)/t19-,20-/m0/s1. The molecule has 11 heteroatoms. The molecular formula is C25H46N4O7. The van der Waals surface area contributed by atoms with E-state index in [2.05, 4.69) is 22.9 Å². The Bertz CT molecular complexity index is 673. The van der Waals surface area contributed by atoms with E-state index in [4.69, 9.17) is 15.9 Å². The third-order valence-electron chi connectivity index (χ3n) is 5.79. The van der Waals surface area contributed by atoms with Crippen molar-refractivity contribution in [1.82, 2.24) is 16.0 Å². The molecule has 208 valence electrons. The fourth-order valence-corrected chi connectivity index (χ4v) is 3.62. The van der Waals surface area contributed by atoms with Crippen LogP contribution in [0.15, 0.2) is 0 Å². The van der Waals surface area contributed by atoms with Gasteiger partial charge in [-0.05, 0) is 12.8 Å². The highest BCUT2D eigenvalue weighted by molar-refractivity contribution is 5.93. The second-order valence-corrected chi connectivity index (χ2v) is 9.15. The number of amides is 3. The van der Waals surface area contributed by atoms with Crippen molar-refractivity contribution in [2.24, 2.45) is 5.73 Å². The number of hydrogen-bond acceptors (Lipinski definition) is 6. The minimum absolute atomic E-state index is 0.163. The molecule has 7 N–H and O–H groups in total. The molecule has 11 nitrogen and oxygen atoms in total. The largest absolute Gasteiger partial charge is 0.481 e. The highest BCUT2D eigenvalue weighted by Gasteiger charge is 2.26. The summed E-state index contributed by atoms with van der Waals surface area (Å²) in [6, 6.07) is -2.64. The highest BCUT2D eigenvalue weighted by atomic mass is 16.4. The first-order chi connectivity index (χ1) is 17.2. The molecule has 0 aliphatic heterocycles. The average Bonchev–Trinajstić information content (AvgIpc) is 2.82. The van der Waals surface area contributed by atoms with E-state index in [0.29, 0.717) is 6.54 Å². The molecule has 0 heterocycles. The lowest BCUT2D eigenvalue weighted by Crippen LogP contribution is -2.53. The molecule has 0 aromatic rings. The molecule has 0 aliphatic carbocycles. The number of carboxylic acids is 2. The minimum Gasteiger partial charge on any atom is -0.481 e. The van der Waals surface area contributed by atoms with Crippen LogP contribution in [0.5, 0.6) is 0 Å². The van der Waals surface area contributed by atoms with Gasteiger partial charge in [0.1, 0.15) is 6.04 Å². The molecule has 0 aromatic heterocycles. The van der Waals surface area contributed by atoms with E-state index in [0.717, 1.165) is 19.3 Å². The van der Waals surface area contributed by atoms with Crippen molar-refractivity contribution in [1.29, 1.82) is 0 Å². The molecule has 3 amide bonds. The van der Waals surface area contributed by atoms with Gasteiger partial charge in [-0.2, -0.15) is 0 Å². The van der Waals surface area contributed by atoms with Gasteiger partial charge in [0.2, 0.25) is 17.7 Å². The van der Waals surface area contributed by atoms with E-state index in [1.54, 1.807) is 0 Å². The Morgan fingerprint density at radius 3 is 1.75 bits per heavy atom. The van der Waals surface area contributed by atoms with Crippen molar-refractivity contribution in [2.75, 3.05) is 13.1 Å². The molecule has 0 fully saturated rings. The number of carbonyl (C=O) groups is 5. The van der Waals surface area contributed by atoms with Gasteiger partial charge < -0.3 is 31.9 Å². The summed E-state index contributed by atoms with van der Waals surface area (Å²) in [5.74, 6) is -4.55. The quantitative estimate of drug-likeness (QED) is 0.112. The smallest absolute Gasteiger partial charge is 0.305 e. The SMILES string of the molecule is CCCCCCCCCCCCCCNC(=O)CNC(=O)[C@H](CC(=O)O)NC(=O)[C@@H](N)CCC(=O)O. The zero-order valence-corrected chi connectivity index (χ0v) is 21.7. The number of aliphatic carboxylic acids is 2. The van der Waals surface area contributed by atoms with Gasteiger partial charge >= 0.3 is 11.9 Å². The lowest BCUT2D eigenvalue weighted by atomic mass is 10.1.